The molecule has 0 bridgehead atoms. The lowest BCUT2D eigenvalue weighted by molar-refractivity contribution is 0.279. The summed E-state index contributed by atoms with van der Waals surface area (Å²) in [4.78, 5) is 9.03. The van der Waals surface area contributed by atoms with Gasteiger partial charge in [0.05, 0.1) is 17.8 Å². The van der Waals surface area contributed by atoms with Gasteiger partial charge in [-0.25, -0.2) is 14.6 Å². The zero-order valence-electron chi connectivity index (χ0n) is 14.5. The van der Waals surface area contributed by atoms with Gasteiger partial charge in [0, 0.05) is 12.5 Å². The number of hydrogen-bond acceptors (Lipinski definition) is 7. The second kappa shape index (κ2) is 6.98. The molecule has 1 unspecified atom stereocenters. The van der Waals surface area contributed by atoms with Gasteiger partial charge in [-0.2, -0.15) is 0 Å². The normalized spacial score (nSPS) is 12.6. The highest BCUT2D eigenvalue weighted by Gasteiger charge is 2.23. The van der Waals surface area contributed by atoms with Gasteiger partial charge in [0.15, 0.2) is 22.5 Å². The molecule has 0 radical (unpaired) electrons. The summed E-state index contributed by atoms with van der Waals surface area (Å²) < 4.78 is 6.62. The standard InChI is InChI=1S/C18H17ClN6O2/c1-2-25-13-8-12(11(9-26)10-6-4-3-5-7-10)21-16(19)14(13)22-18(25)15-17(20)24-27-23-15/h3-8,11,26H,2,9H2,1H3,(H2,20,24). The quantitative estimate of drug-likeness (QED) is 0.508. The highest BCUT2D eigenvalue weighted by atomic mass is 35.5. The molecule has 1 atom stereocenters. The highest BCUT2D eigenvalue weighted by molar-refractivity contribution is 6.33. The number of nitrogens with zero attached hydrogens (tertiary/aromatic N) is 5. The van der Waals surface area contributed by atoms with Crippen LogP contribution >= 0.6 is 11.6 Å². The molecule has 0 aliphatic rings. The summed E-state index contributed by atoms with van der Waals surface area (Å²) in [5.74, 6) is 0.365. The molecule has 0 amide bonds. The summed E-state index contributed by atoms with van der Waals surface area (Å²) in [6, 6.07) is 11.6. The number of aliphatic hydroxyl groups is 1. The molecular weight excluding hydrogens is 368 g/mol. The van der Waals surface area contributed by atoms with Crippen LogP contribution in [0.3, 0.4) is 0 Å². The zero-order valence-corrected chi connectivity index (χ0v) is 15.3. The van der Waals surface area contributed by atoms with Gasteiger partial charge in [-0.15, -0.1) is 0 Å². The average Bonchev–Trinajstić information content (AvgIpc) is 3.26. The molecule has 0 fully saturated rings. The van der Waals surface area contributed by atoms with E-state index in [0.29, 0.717) is 29.3 Å². The van der Waals surface area contributed by atoms with Crippen molar-refractivity contribution >= 4 is 28.5 Å². The number of nitrogen functional groups attached to an aromatic ring is 1. The Kier molecular flexibility index (Phi) is 4.51. The summed E-state index contributed by atoms with van der Waals surface area (Å²) in [5.41, 5.74) is 9.11. The lowest BCUT2D eigenvalue weighted by Gasteiger charge is -2.15. The SMILES string of the molecule is CCn1c(-c2nonc2N)nc2c(Cl)nc(C(CO)c3ccccc3)cc21. The Bertz CT molecular complexity index is 1090. The van der Waals surface area contributed by atoms with E-state index < -0.39 is 0 Å². The number of hydrogen-bond donors (Lipinski definition) is 2. The van der Waals surface area contributed by atoms with Crippen molar-refractivity contribution < 1.29 is 9.74 Å². The smallest absolute Gasteiger partial charge is 0.199 e. The lowest BCUT2D eigenvalue weighted by atomic mass is 9.96. The second-order valence-electron chi connectivity index (χ2n) is 6.03. The lowest BCUT2D eigenvalue weighted by Crippen LogP contribution is -2.09. The Morgan fingerprint density at radius 2 is 2.00 bits per heavy atom. The maximum Gasteiger partial charge on any atom is 0.199 e. The molecule has 9 heteroatoms. The number of pyridine rings is 1. The van der Waals surface area contributed by atoms with E-state index in [1.54, 1.807) is 0 Å². The summed E-state index contributed by atoms with van der Waals surface area (Å²) in [6.45, 7) is 2.49. The average molecular weight is 385 g/mol. The molecule has 3 N–H and O–H groups in total. The Labute approximate surface area is 159 Å². The maximum atomic E-state index is 9.96. The fourth-order valence-corrected chi connectivity index (χ4v) is 3.42. The van der Waals surface area contributed by atoms with Crippen molar-refractivity contribution in [2.75, 3.05) is 12.3 Å². The number of benzene rings is 1. The minimum absolute atomic E-state index is 0.0911. The fourth-order valence-electron chi connectivity index (χ4n) is 3.19. The number of halogens is 1. The van der Waals surface area contributed by atoms with Crippen LogP contribution in [0.4, 0.5) is 5.82 Å². The largest absolute Gasteiger partial charge is 0.395 e. The van der Waals surface area contributed by atoms with E-state index in [1.807, 2.05) is 47.9 Å². The maximum absolute atomic E-state index is 9.96. The van der Waals surface area contributed by atoms with Crippen molar-refractivity contribution in [2.45, 2.75) is 19.4 Å². The number of aryl methyl sites for hydroxylation is 1. The first kappa shape index (κ1) is 17.4. The minimum Gasteiger partial charge on any atom is -0.395 e. The monoisotopic (exact) mass is 384 g/mol. The highest BCUT2D eigenvalue weighted by Crippen LogP contribution is 2.33. The summed E-state index contributed by atoms with van der Waals surface area (Å²) in [5, 5.41) is 17.7. The van der Waals surface area contributed by atoms with Crippen LogP contribution in [0.2, 0.25) is 5.15 Å². The van der Waals surface area contributed by atoms with Crippen molar-refractivity contribution in [2.24, 2.45) is 0 Å². The molecule has 4 rings (SSSR count). The van der Waals surface area contributed by atoms with Gasteiger partial charge in [0.25, 0.3) is 0 Å². The molecule has 0 saturated carbocycles. The molecule has 138 valence electrons. The second-order valence-corrected chi connectivity index (χ2v) is 6.39. The van der Waals surface area contributed by atoms with Crippen LogP contribution in [0.25, 0.3) is 22.6 Å². The Morgan fingerprint density at radius 1 is 1.22 bits per heavy atom. The third-order valence-electron chi connectivity index (χ3n) is 4.50. The number of aliphatic hydroxyl groups excluding tert-OH is 1. The molecule has 0 saturated heterocycles. The van der Waals surface area contributed by atoms with Gasteiger partial charge in [0.2, 0.25) is 0 Å². The summed E-state index contributed by atoms with van der Waals surface area (Å²) in [6.07, 6.45) is 0. The third kappa shape index (κ3) is 2.92. The van der Waals surface area contributed by atoms with Crippen LogP contribution in [0.15, 0.2) is 41.0 Å². The molecule has 8 nitrogen and oxygen atoms in total. The number of imidazole rings is 1. The number of fused-ring (bicyclic) bond motifs is 1. The number of aromatic nitrogens is 5. The van der Waals surface area contributed by atoms with Crippen LogP contribution in [0.1, 0.15) is 24.1 Å². The zero-order chi connectivity index (χ0) is 19.0. The van der Waals surface area contributed by atoms with Crippen molar-refractivity contribution in [3.8, 4) is 11.5 Å². The van der Waals surface area contributed by atoms with Crippen LogP contribution in [0.5, 0.6) is 0 Å². The fraction of sp³-hybridized carbons (Fsp3) is 0.222. The van der Waals surface area contributed by atoms with Gasteiger partial charge in [-0.1, -0.05) is 41.9 Å². The van der Waals surface area contributed by atoms with Crippen molar-refractivity contribution in [1.82, 2.24) is 24.8 Å². The predicted octanol–water partition coefficient (Wildman–Crippen LogP) is 2.86. The van der Waals surface area contributed by atoms with Gasteiger partial charge in [0.1, 0.15) is 5.52 Å². The first-order chi connectivity index (χ1) is 13.1. The Hall–Kier alpha value is -2.97. The Morgan fingerprint density at radius 3 is 2.63 bits per heavy atom. The molecular formula is C18H17ClN6O2. The van der Waals surface area contributed by atoms with E-state index in [0.717, 1.165) is 11.1 Å². The van der Waals surface area contributed by atoms with E-state index in [2.05, 4.69) is 20.3 Å². The van der Waals surface area contributed by atoms with Crippen LogP contribution in [-0.2, 0) is 6.54 Å². The van der Waals surface area contributed by atoms with E-state index in [9.17, 15) is 5.11 Å². The van der Waals surface area contributed by atoms with Crippen LogP contribution < -0.4 is 5.73 Å². The topological polar surface area (TPSA) is 116 Å². The minimum atomic E-state index is -0.296. The number of rotatable bonds is 5. The number of anilines is 1. The van der Waals surface area contributed by atoms with E-state index in [4.69, 9.17) is 22.0 Å². The molecule has 0 aliphatic heterocycles. The van der Waals surface area contributed by atoms with Crippen molar-refractivity contribution in [3.63, 3.8) is 0 Å². The molecule has 3 aromatic heterocycles. The Balaban J connectivity index is 1.92. The van der Waals surface area contributed by atoms with Gasteiger partial charge in [-0.05, 0) is 28.9 Å². The van der Waals surface area contributed by atoms with E-state index in [-0.39, 0.29) is 23.5 Å². The van der Waals surface area contributed by atoms with E-state index >= 15 is 0 Å². The molecule has 0 aliphatic carbocycles. The first-order valence-electron chi connectivity index (χ1n) is 8.44. The van der Waals surface area contributed by atoms with Crippen LogP contribution in [-0.4, -0.2) is 36.6 Å². The van der Waals surface area contributed by atoms with Gasteiger partial charge >= 0.3 is 0 Å². The molecule has 4 aromatic rings. The first-order valence-corrected chi connectivity index (χ1v) is 8.82. The third-order valence-corrected chi connectivity index (χ3v) is 4.76. The molecule has 1 aromatic carbocycles. The van der Waals surface area contributed by atoms with Crippen LogP contribution in [0, 0.1) is 0 Å². The summed E-state index contributed by atoms with van der Waals surface area (Å²) >= 11 is 6.43. The van der Waals surface area contributed by atoms with E-state index in [1.165, 1.54) is 0 Å². The predicted molar refractivity (Wildman–Crippen MR) is 101 cm³/mol. The van der Waals surface area contributed by atoms with Crippen molar-refractivity contribution in [3.05, 3.63) is 52.8 Å². The molecule has 27 heavy (non-hydrogen) atoms. The van der Waals surface area contributed by atoms with Crippen molar-refractivity contribution in [1.29, 1.82) is 0 Å². The molecule has 3 heterocycles. The van der Waals surface area contributed by atoms with Gasteiger partial charge in [-0.3, -0.25) is 0 Å². The molecule has 0 spiro atoms. The number of nitrogens with two attached hydrogens (primary N) is 1. The van der Waals surface area contributed by atoms with Gasteiger partial charge < -0.3 is 15.4 Å². The summed E-state index contributed by atoms with van der Waals surface area (Å²) in [7, 11) is 0.